The molecule has 0 saturated heterocycles. The van der Waals surface area contributed by atoms with Crippen LogP contribution in [0.3, 0.4) is 0 Å². The highest BCUT2D eigenvalue weighted by molar-refractivity contribution is 5.82. The van der Waals surface area contributed by atoms with Crippen LogP contribution in [0.1, 0.15) is 25.5 Å². The fraction of sp³-hybridized carbons (Fsp3) is 0.417. The molecule has 1 heterocycles. The van der Waals surface area contributed by atoms with E-state index < -0.39 is 0 Å². The van der Waals surface area contributed by atoms with E-state index in [-0.39, 0.29) is 11.6 Å². The maximum atomic E-state index is 12.3. The van der Waals surface area contributed by atoms with E-state index in [9.17, 15) is 4.79 Å². The van der Waals surface area contributed by atoms with Crippen molar-refractivity contribution in [1.29, 1.82) is 0 Å². The number of rotatable bonds is 2. The van der Waals surface area contributed by atoms with E-state index in [0.29, 0.717) is 6.54 Å². The summed E-state index contributed by atoms with van der Waals surface area (Å²) in [5, 5.41) is 0.751. The van der Waals surface area contributed by atoms with E-state index >= 15 is 0 Å². The summed E-state index contributed by atoms with van der Waals surface area (Å²) < 4.78 is 3.66. The largest absolute Gasteiger partial charge is 0.326 e. The Morgan fingerprint density at radius 1 is 1.38 bits per heavy atom. The molecule has 2 rings (SSSR count). The zero-order chi connectivity index (χ0) is 11.9. The molecular weight excluding hydrogens is 202 g/mol. The van der Waals surface area contributed by atoms with Crippen LogP contribution in [0.2, 0.25) is 0 Å². The molecule has 0 spiro atoms. The van der Waals surface area contributed by atoms with Gasteiger partial charge in [0, 0.05) is 19.6 Å². The number of fused-ring (bicyclic) bond motifs is 1. The van der Waals surface area contributed by atoms with Crippen molar-refractivity contribution in [3.8, 4) is 0 Å². The summed E-state index contributed by atoms with van der Waals surface area (Å²) in [6, 6.07) is 5.95. The summed E-state index contributed by atoms with van der Waals surface area (Å²) in [6.07, 6.45) is 0. The lowest BCUT2D eigenvalue weighted by atomic mass is 10.1. The molecule has 0 aliphatic carbocycles. The average Bonchev–Trinajstić information content (AvgIpc) is 2.51. The van der Waals surface area contributed by atoms with Crippen molar-refractivity contribution in [3.05, 3.63) is 34.1 Å². The highest BCUT2D eigenvalue weighted by atomic mass is 16.1. The van der Waals surface area contributed by atoms with Crippen molar-refractivity contribution in [1.82, 2.24) is 9.36 Å². The second-order valence-corrected chi connectivity index (χ2v) is 4.28. The Bertz CT molecular complexity index is 578. The van der Waals surface area contributed by atoms with Gasteiger partial charge in [-0.2, -0.15) is 0 Å². The molecule has 2 N–H and O–H groups in total. The zero-order valence-corrected chi connectivity index (χ0v) is 9.90. The van der Waals surface area contributed by atoms with Gasteiger partial charge in [-0.15, -0.1) is 0 Å². The topological polar surface area (TPSA) is 52.9 Å². The predicted molar refractivity (Wildman–Crippen MR) is 65.5 cm³/mol. The first kappa shape index (κ1) is 11.0. The number of hydrogen-bond acceptors (Lipinski definition) is 2. The third kappa shape index (κ3) is 1.38. The number of nitrogens with two attached hydrogens (primary N) is 1. The van der Waals surface area contributed by atoms with Crippen LogP contribution in [0.4, 0.5) is 0 Å². The second-order valence-electron chi connectivity index (χ2n) is 4.28. The molecule has 0 aliphatic heterocycles. The normalized spacial score (nSPS) is 11.6. The van der Waals surface area contributed by atoms with Crippen molar-refractivity contribution in [2.75, 3.05) is 0 Å². The maximum Gasteiger partial charge on any atom is 0.275 e. The SMILES string of the molecule is CC(C)n1c(=O)c2c(CN)cccc2n1C. The Morgan fingerprint density at radius 2 is 2.06 bits per heavy atom. The minimum Gasteiger partial charge on any atom is -0.326 e. The van der Waals surface area contributed by atoms with Crippen LogP contribution >= 0.6 is 0 Å². The number of nitrogens with zero attached hydrogens (tertiary/aromatic N) is 2. The van der Waals surface area contributed by atoms with E-state index in [2.05, 4.69) is 0 Å². The lowest BCUT2D eigenvalue weighted by Crippen LogP contribution is -2.23. The molecule has 86 valence electrons. The van der Waals surface area contributed by atoms with Crippen LogP contribution < -0.4 is 11.3 Å². The van der Waals surface area contributed by atoms with Crippen LogP contribution in [0, 0.1) is 0 Å². The molecule has 0 atom stereocenters. The molecule has 2 aromatic rings. The van der Waals surface area contributed by atoms with Gasteiger partial charge in [0.1, 0.15) is 0 Å². The lowest BCUT2D eigenvalue weighted by molar-refractivity contribution is 0.447. The average molecular weight is 219 g/mol. The van der Waals surface area contributed by atoms with Crippen molar-refractivity contribution in [2.45, 2.75) is 26.4 Å². The molecule has 0 aliphatic rings. The van der Waals surface area contributed by atoms with Gasteiger partial charge in [0.25, 0.3) is 5.56 Å². The summed E-state index contributed by atoms with van der Waals surface area (Å²) in [5.41, 5.74) is 7.57. The van der Waals surface area contributed by atoms with E-state index in [1.165, 1.54) is 0 Å². The summed E-state index contributed by atoms with van der Waals surface area (Å²) >= 11 is 0. The smallest absolute Gasteiger partial charge is 0.275 e. The monoisotopic (exact) mass is 219 g/mol. The molecule has 0 unspecified atom stereocenters. The molecule has 0 radical (unpaired) electrons. The van der Waals surface area contributed by atoms with Gasteiger partial charge in [-0.1, -0.05) is 12.1 Å². The maximum absolute atomic E-state index is 12.3. The highest BCUT2D eigenvalue weighted by Gasteiger charge is 2.14. The Hall–Kier alpha value is -1.55. The van der Waals surface area contributed by atoms with E-state index in [0.717, 1.165) is 16.5 Å². The first-order valence-electron chi connectivity index (χ1n) is 5.47. The number of aromatic nitrogens is 2. The first-order chi connectivity index (χ1) is 7.57. The molecule has 0 bridgehead atoms. The van der Waals surface area contributed by atoms with E-state index in [1.807, 2.05) is 43.8 Å². The van der Waals surface area contributed by atoms with Crippen molar-refractivity contribution in [3.63, 3.8) is 0 Å². The van der Waals surface area contributed by atoms with Gasteiger partial charge in [-0.25, -0.2) is 4.68 Å². The number of benzene rings is 1. The number of hydrogen-bond donors (Lipinski definition) is 1. The standard InChI is InChI=1S/C12H17N3O/c1-8(2)15-12(16)11-9(7-13)5-4-6-10(11)14(15)3/h4-6,8H,7,13H2,1-3H3. The van der Waals surface area contributed by atoms with Gasteiger partial charge in [0.2, 0.25) is 0 Å². The van der Waals surface area contributed by atoms with Gasteiger partial charge in [-0.05, 0) is 25.5 Å². The molecule has 1 aromatic carbocycles. The van der Waals surface area contributed by atoms with E-state index in [4.69, 9.17) is 5.73 Å². The van der Waals surface area contributed by atoms with E-state index in [1.54, 1.807) is 4.68 Å². The van der Waals surface area contributed by atoms with Crippen LogP contribution in [-0.2, 0) is 13.6 Å². The van der Waals surface area contributed by atoms with Gasteiger partial charge in [0.05, 0.1) is 10.9 Å². The number of aryl methyl sites for hydroxylation is 1. The molecule has 16 heavy (non-hydrogen) atoms. The quantitative estimate of drug-likeness (QED) is 0.829. The van der Waals surface area contributed by atoms with Crippen molar-refractivity contribution >= 4 is 10.9 Å². The highest BCUT2D eigenvalue weighted by Crippen LogP contribution is 2.17. The molecule has 4 nitrogen and oxygen atoms in total. The van der Waals surface area contributed by atoms with Crippen LogP contribution in [0.25, 0.3) is 10.9 Å². The predicted octanol–water partition coefficient (Wildman–Crippen LogP) is 1.38. The van der Waals surface area contributed by atoms with Crippen molar-refractivity contribution < 1.29 is 0 Å². The summed E-state index contributed by atoms with van der Waals surface area (Å²) in [6.45, 7) is 4.40. The summed E-state index contributed by atoms with van der Waals surface area (Å²) in [4.78, 5) is 12.3. The Kier molecular flexibility index (Phi) is 2.59. The lowest BCUT2D eigenvalue weighted by Gasteiger charge is -2.10. The Morgan fingerprint density at radius 3 is 2.62 bits per heavy atom. The molecule has 1 aromatic heterocycles. The zero-order valence-electron chi connectivity index (χ0n) is 9.90. The fourth-order valence-corrected chi connectivity index (χ4v) is 2.22. The van der Waals surface area contributed by atoms with Crippen LogP contribution in [-0.4, -0.2) is 9.36 Å². The third-order valence-corrected chi connectivity index (χ3v) is 2.93. The minimum atomic E-state index is 0.0496. The second kappa shape index (κ2) is 3.79. The van der Waals surface area contributed by atoms with Crippen LogP contribution in [0.15, 0.2) is 23.0 Å². The fourth-order valence-electron chi connectivity index (χ4n) is 2.22. The Balaban J connectivity index is 2.94. The molecule has 0 amide bonds. The first-order valence-corrected chi connectivity index (χ1v) is 5.47. The van der Waals surface area contributed by atoms with Gasteiger partial charge < -0.3 is 5.73 Å². The minimum absolute atomic E-state index is 0.0496. The van der Waals surface area contributed by atoms with Crippen LogP contribution in [0.5, 0.6) is 0 Å². The summed E-state index contributed by atoms with van der Waals surface area (Å²) in [7, 11) is 1.91. The molecule has 0 saturated carbocycles. The van der Waals surface area contributed by atoms with Crippen molar-refractivity contribution in [2.24, 2.45) is 12.8 Å². The van der Waals surface area contributed by atoms with Gasteiger partial charge in [0.15, 0.2) is 0 Å². The third-order valence-electron chi connectivity index (χ3n) is 2.93. The summed E-state index contributed by atoms with van der Waals surface area (Å²) in [5.74, 6) is 0. The van der Waals surface area contributed by atoms with Gasteiger partial charge >= 0.3 is 0 Å². The molecule has 4 heteroatoms. The molecule has 0 fully saturated rings. The van der Waals surface area contributed by atoms with Gasteiger partial charge in [-0.3, -0.25) is 9.48 Å². The molecular formula is C12H17N3O. The Labute approximate surface area is 94.3 Å².